The first-order valence-corrected chi connectivity index (χ1v) is 5.89. The van der Waals surface area contributed by atoms with Gasteiger partial charge in [-0.3, -0.25) is 9.59 Å². The molecule has 1 aliphatic heterocycles. The topological polar surface area (TPSA) is 66.6 Å². The number of carbonyl (C=O) groups is 2. The number of hydrogen-bond acceptors (Lipinski definition) is 3. The Kier molecular flexibility index (Phi) is 3.14. The number of nitrogens with zero attached hydrogens (tertiary/aromatic N) is 2. The van der Waals surface area contributed by atoms with E-state index in [4.69, 9.17) is 5.73 Å². The van der Waals surface area contributed by atoms with Crippen LogP contribution >= 0.6 is 0 Å². The number of amides is 2. The number of rotatable bonds is 1. The normalized spacial score (nSPS) is 29.9. The molecule has 0 aromatic heterocycles. The zero-order valence-electron chi connectivity index (χ0n) is 9.69. The van der Waals surface area contributed by atoms with E-state index in [0.717, 1.165) is 25.9 Å². The van der Waals surface area contributed by atoms with Crippen molar-refractivity contribution in [2.45, 2.75) is 25.8 Å². The van der Waals surface area contributed by atoms with Gasteiger partial charge < -0.3 is 15.5 Å². The molecule has 1 heterocycles. The van der Waals surface area contributed by atoms with Crippen molar-refractivity contribution in [2.24, 2.45) is 11.7 Å². The molecule has 5 heteroatoms. The maximum absolute atomic E-state index is 11.9. The lowest BCUT2D eigenvalue weighted by Gasteiger charge is -2.21. The molecule has 0 aromatic rings. The monoisotopic (exact) mass is 225 g/mol. The average Bonchev–Trinajstić information content (AvgIpc) is 2.98. The van der Waals surface area contributed by atoms with Crippen LogP contribution in [0.2, 0.25) is 0 Å². The van der Waals surface area contributed by atoms with Crippen LogP contribution in [0.1, 0.15) is 19.8 Å². The van der Waals surface area contributed by atoms with E-state index in [-0.39, 0.29) is 23.8 Å². The number of carbonyl (C=O) groups excluding carboxylic acids is 2. The van der Waals surface area contributed by atoms with Gasteiger partial charge in [-0.1, -0.05) is 0 Å². The largest absolute Gasteiger partial charge is 0.341 e. The molecule has 0 radical (unpaired) electrons. The summed E-state index contributed by atoms with van der Waals surface area (Å²) < 4.78 is 0. The van der Waals surface area contributed by atoms with Crippen molar-refractivity contribution in [3.8, 4) is 0 Å². The predicted molar refractivity (Wildman–Crippen MR) is 59.5 cm³/mol. The SMILES string of the molecule is CC(=O)N1CCCN(C(=O)C2CC2N)CC1. The third-order valence-corrected chi connectivity index (χ3v) is 3.41. The van der Waals surface area contributed by atoms with Gasteiger partial charge in [0.2, 0.25) is 11.8 Å². The van der Waals surface area contributed by atoms with E-state index in [1.54, 1.807) is 11.8 Å². The van der Waals surface area contributed by atoms with Crippen LogP contribution in [-0.4, -0.2) is 53.8 Å². The zero-order chi connectivity index (χ0) is 11.7. The summed E-state index contributed by atoms with van der Waals surface area (Å²) in [6.07, 6.45) is 1.69. The molecule has 16 heavy (non-hydrogen) atoms. The fourth-order valence-electron chi connectivity index (χ4n) is 2.19. The number of hydrogen-bond donors (Lipinski definition) is 1. The smallest absolute Gasteiger partial charge is 0.227 e. The van der Waals surface area contributed by atoms with E-state index in [9.17, 15) is 9.59 Å². The average molecular weight is 225 g/mol. The first kappa shape index (κ1) is 11.4. The molecular formula is C11H19N3O2. The van der Waals surface area contributed by atoms with Crippen molar-refractivity contribution in [1.82, 2.24) is 9.80 Å². The molecule has 0 aromatic carbocycles. The van der Waals surface area contributed by atoms with Crippen LogP contribution in [0.5, 0.6) is 0 Å². The second-order valence-electron chi connectivity index (χ2n) is 4.69. The van der Waals surface area contributed by atoms with Crippen molar-refractivity contribution >= 4 is 11.8 Å². The van der Waals surface area contributed by atoms with Crippen LogP contribution < -0.4 is 5.73 Å². The third kappa shape index (κ3) is 2.35. The summed E-state index contributed by atoms with van der Waals surface area (Å²) in [4.78, 5) is 26.8. The minimum atomic E-state index is 0.0453. The fraction of sp³-hybridized carbons (Fsp3) is 0.818. The molecule has 2 unspecified atom stereocenters. The van der Waals surface area contributed by atoms with Crippen molar-refractivity contribution in [2.75, 3.05) is 26.2 Å². The second kappa shape index (κ2) is 4.41. The molecule has 2 atom stereocenters. The zero-order valence-corrected chi connectivity index (χ0v) is 9.69. The van der Waals surface area contributed by atoms with Crippen LogP contribution in [0, 0.1) is 5.92 Å². The van der Waals surface area contributed by atoms with E-state index in [0.29, 0.717) is 13.1 Å². The van der Waals surface area contributed by atoms with E-state index < -0.39 is 0 Å². The quantitative estimate of drug-likeness (QED) is 0.649. The van der Waals surface area contributed by atoms with Crippen LogP contribution in [0.3, 0.4) is 0 Å². The lowest BCUT2D eigenvalue weighted by Crippen LogP contribution is -2.38. The molecule has 2 fully saturated rings. The Labute approximate surface area is 95.6 Å². The molecule has 5 nitrogen and oxygen atoms in total. The highest BCUT2D eigenvalue weighted by Gasteiger charge is 2.42. The van der Waals surface area contributed by atoms with Gasteiger partial charge >= 0.3 is 0 Å². The summed E-state index contributed by atoms with van der Waals surface area (Å²) in [5, 5.41) is 0. The van der Waals surface area contributed by atoms with Crippen LogP contribution in [0.4, 0.5) is 0 Å². The van der Waals surface area contributed by atoms with Gasteiger partial charge in [0.05, 0.1) is 5.92 Å². The van der Waals surface area contributed by atoms with Gasteiger partial charge in [0.1, 0.15) is 0 Å². The van der Waals surface area contributed by atoms with Gasteiger partial charge in [-0.15, -0.1) is 0 Å². The number of nitrogens with two attached hydrogens (primary N) is 1. The second-order valence-corrected chi connectivity index (χ2v) is 4.69. The summed E-state index contributed by atoms with van der Waals surface area (Å²) in [6.45, 7) is 4.40. The minimum absolute atomic E-state index is 0.0453. The fourth-order valence-corrected chi connectivity index (χ4v) is 2.19. The molecule has 2 rings (SSSR count). The lowest BCUT2D eigenvalue weighted by atomic mass is 10.3. The Bertz CT molecular complexity index is 306. The van der Waals surface area contributed by atoms with Crippen molar-refractivity contribution in [3.05, 3.63) is 0 Å². The summed E-state index contributed by atoms with van der Waals surface area (Å²) in [5.74, 6) is 0.319. The van der Waals surface area contributed by atoms with Gasteiger partial charge in [-0.25, -0.2) is 0 Å². The van der Waals surface area contributed by atoms with Crippen molar-refractivity contribution in [3.63, 3.8) is 0 Å². The van der Waals surface area contributed by atoms with Gasteiger partial charge in [0.25, 0.3) is 0 Å². The highest BCUT2D eigenvalue weighted by molar-refractivity contribution is 5.82. The highest BCUT2D eigenvalue weighted by atomic mass is 16.2. The van der Waals surface area contributed by atoms with Gasteiger partial charge in [0, 0.05) is 39.1 Å². The Hall–Kier alpha value is -1.10. The molecule has 1 aliphatic carbocycles. The Morgan fingerprint density at radius 2 is 1.69 bits per heavy atom. The molecule has 1 saturated heterocycles. The first-order chi connectivity index (χ1) is 7.59. The van der Waals surface area contributed by atoms with E-state index in [1.165, 1.54) is 0 Å². The van der Waals surface area contributed by atoms with Crippen LogP contribution in [0.25, 0.3) is 0 Å². The molecule has 0 spiro atoms. The third-order valence-electron chi connectivity index (χ3n) is 3.41. The van der Waals surface area contributed by atoms with Gasteiger partial charge in [-0.05, 0) is 12.8 Å². The molecule has 1 saturated carbocycles. The Morgan fingerprint density at radius 3 is 2.25 bits per heavy atom. The molecule has 0 bridgehead atoms. The standard InChI is InChI=1S/C11H19N3O2/c1-8(15)13-3-2-4-14(6-5-13)11(16)9-7-10(9)12/h9-10H,2-7,12H2,1H3. The van der Waals surface area contributed by atoms with Crippen molar-refractivity contribution < 1.29 is 9.59 Å². The van der Waals surface area contributed by atoms with E-state index >= 15 is 0 Å². The molecule has 2 amide bonds. The summed E-state index contributed by atoms with van der Waals surface area (Å²) in [7, 11) is 0. The summed E-state index contributed by atoms with van der Waals surface area (Å²) in [5.41, 5.74) is 5.68. The van der Waals surface area contributed by atoms with Crippen molar-refractivity contribution in [1.29, 1.82) is 0 Å². The van der Waals surface area contributed by atoms with Crippen LogP contribution in [0.15, 0.2) is 0 Å². The first-order valence-electron chi connectivity index (χ1n) is 5.89. The van der Waals surface area contributed by atoms with E-state index in [1.807, 2.05) is 4.90 Å². The molecular weight excluding hydrogens is 206 g/mol. The van der Waals surface area contributed by atoms with E-state index in [2.05, 4.69) is 0 Å². The minimum Gasteiger partial charge on any atom is -0.341 e. The Morgan fingerprint density at radius 1 is 1.12 bits per heavy atom. The molecule has 2 aliphatic rings. The maximum atomic E-state index is 11.9. The summed E-state index contributed by atoms with van der Waals surface area (Å²) in [6, 6.07) is 0.0691. The van der Waals surface area contributed by atoms with Crippen LogP contribution in [-0.2, 0) is 9.59 Å². The van der Waals surface area contributed by atoms with Gasteiger partial charge in [-0.2, -0.15) is 0 Å². The maximum Gasteiger partial charge on any atom is 0.227 e. The Balaban J connectivity index is 1.88. The molecule has 2 N–H and O–H groups in total. The predicted octanol–water partition coefficient (Wildman–Crippen LogP) is -0.586. The summed E-state index contributed by atoms with van der Waals surface area (Å²) >= 11 is 0. The van der Waals surface area contributed by atoms with Gasteiger partial charge in [0.15, 0.2) is 0 Å². The lowest BCUT2D eigenvalue weighted by molar-refractivity contribution is -0.133. The highest BCUT2D eigenvalue weighted by Crippen LogP contribution is 2.30. The molecule has 90 valence electrons.